The molecule has 130 valence electrons. The number of benzene rings is 1. The first-order valence-electron chi connectivity index (χ1n) is 7.16. The Hall–Kier alpha value is 0.480. The van der Waals surface area contributed by atoms with Gasteiger partial charge in [-0.05, 0) is 48.1 Å². The average Bonchev–Trinajstić information content (AvgIpc) is 2.42. The molecular weight excluding hydrogens is 455 g/mol. The van der Waals surface area contributed by atoms with Gasteiger partial charge >= 0.3 is 0 Å². The smallest absolute Gasteiger partial charge is 0.138 e. The molecule has 0 unspecified atom stereocenters. The molecule has 0 saturated heterocycles. The van der Waals surface area contributed by atoms with Crippen molar-refractivity contribution in [2.24, 2.45) is 0 Å². The topological polar surface area (TPSA) is 24.5 Å². The maximum Gasteiger partial charge on any atom is 0.138 e. The average molecular weight is 481 g/mol. The minimum atomic E-state index is 0. The Morgan fingerprint density at radius 2 is 1.73 bits per heavy atom. The maximum atomic E-state index is 5.73. The third-order valence-corrected chi connectivity index (χ3v) is 4.24. The van der Waals surface area contributed by atoms with Crippen LogP contribution in [-0.4, -0.2) is 37.7 Å². The second kappa shape index (κ2) is 13.9. The first-order chi connectivity index (χ1) is 9.62. The molecule has 3 nitrogen and oxygen atoms in total. The summed E-state index contributed by atoms with van der Waals surface area (Å²) in [6.45, 7) is 12.1. The van der Waals surface area contributed by atoms with Gasteiger partial charge in [-0.1, -0.05) is 29.8 Å². The van der Waals surface area contributed by atoms with E-state index in [0.717, 1.165) is 47.4 Å². The molecule has 22 heavy (non-hydrogen) atoms. The van der Waals surface area contributed by atoms with Crippen molar-refractivity contribution in [1.82, 2.24) is 10.2 Å². The van der Waals surface area contributed by atoms with Crippen LogP contribution in [0, 0.1) is 0 Å². The lowest BCUT2D eigenvalue weighted by molar-refractivity contribution is 0.301. The summed E-state index contributed by atoms with van der Waals surface area (Å²) < 4.78 is 7.78. The molecule has 1 N–H and O–H groups in total. The third kappa shape index (κ3) is 8.37. The second-order valence-electron chi connectivity index (χ2n) is 4.51. The zero-order valence-electron chi connectivity index (χ0n) is 13.3. The molecular formula is C15H26Br2Cl2N2O. The fourth-order valence-electron chi connectivity index (χ4n) is 2.05. The molecule has 0 atom stereocenters. The van der Waals surface area contributed by atoms with E-state index in [-0.39, 0.29) is 24.8 Å². The van der Waals surface area contributed by atoms with Gasteiger partial charge in [-0.3, -0.25) is 0 Å². The van der Waals surface area contributed by atoms with Crippen molar-refractivity contribution in [1.29, 1.82) is 0 Å². The van der Waals surface area contributed by atoms with Gasteiger partial charge < -0.3 is 15.0 Å². The van der Waals surface area contributed by atoms with Crippen molar-refractivity contribution in [3.05, 3.63) is 26.6 Å². The number of nitrogens with zero attached hydrogens (tertiary/aromatic N) is 1. The molecule has 0 aromatic heterocycles. The van der Waals surface area contributed by atoms with Crippen LogP contribution in [0.15, 0.2) is 21.1 Å². The molecule has 0 radical (unpaired) electrons. The minimum Gasteiger partial charge on any atom is -0.492 e. The number of hydrogen-bond acceptors (Lipinski definition) is 3. The standard InChI is InChI=1S/C15H24Br2N2O.2ClH/c1-4-19(5-2)8-7-18-11-12-9-13(16)10-14(17)15(12)20-6-3;;/h9-10,18H,4-8,11H2,1-3H3;2*1H. The lowest BCUT2D eigenvalue weighted by atomic mass is 10.2. The molecule has 1 aromatic rings. The van der Waals surface area contributed by atoms with Crippen LogP contribution in [0.4, 0.5) is 0 Å². The van der Waals surface area contributed by atoms with E-state index in [1.165, 1.54) is 5.56 Å². The van der Waals surface area contributed by atoms with Gasteiger partial charge in [0, 0.05) is 29.7 Å². The van der Waals surface area contributed by atoms with Crippen LogP contribution in [0.3, 0.4) is 0 Å². The van der Waals surface area contributed by atoms with Crippen molar-refractivity contribution in [2.75, 3.05) is 32.8 Å². The number of halogens is 4. The molecule has 0 bridgehead atoms. The van der Waals surface area contributed by atoms with Gasteiger partial charge in [0.2, 0.25) is 0 Å². The molecule has 0 spiro atoms. The van der Waals surface area contributed by atoms with Crippen LogP contribution >= 0.6 is 56.7 Å². The molecule has 0 amide bonds. The fraction of sp³-hybridized carbons (Fsp3) is 0.600. The number of nitrogens with one attached hydrogen (secondary N) is 1. The van der Waals surface area contributed by atoms with E-state index in [1.807, 2.05) is 13.0 Å². The van der Waals surface area contributed by atoms with Crippen molar-refractivity contribution in [2.45, 2.75) is 27.3 Å². The number of rotatable bonds is 9. The molecule has 0 aliphatic carbocycles. The van der Waals surface area contributed by atoms with Crippen LogP contribution in [0.5, 0.6) is 5.75 Å². The van der Waals surface area contributed by atoms with Crippen molar-refractivity contribution in [3.63, 3.8) is 0 Å². The van der Waals surface area contributed by atoms with E-state index in [9.17, 15) is 0 Å². The summed E-state index contributed by atoms with van der Waals surface area (Å²) in [7, 11) is 0. The number of ether oxygens (including phenoxy) is 1. The molecule has 0 heterocycles. The van der Waals surface area contributed by atoms with Gasteiger partial charge in [0.25, 0.3) is 0 Å². The van der Waals surface area contributed by atoms with Crippen molar-refractivity contribution < 1.29 is 4.74 Å². The Balaban J connectivity index is 0. The quantitative estimate of drug-likeness (QED) is 0.509. The maximum absolute atomic E-state index is 5.73. The van der Waals surface area contributed by atoms with Crippen LogP contribution in [0.2, 0.25) is 0 Å². The SMILES string of the molecule is CCOc1c(Br)cc(Br)cc1CNCCN(CC)CC.Cl.Cl. The predicted octanol–water partition coefficient (Wildman–Crippen LogP) is 4.89. The molecule has 1 rings (SSSR count). The first-order valence-corrected chi connectivity index (χ1v) is 8.74. The Morgan fingerprint density at radius 3 is 2.27 bits per heavy atom. The van der Waals surface area contributed by atoms with Gasteiger partial charge in [-0.25, -0.2) is 0 Å². The van der Waals surface area contributed by atoms with E-state index in [4.69, 9.17) is 4.74 Å². The van der Waals surface area contributed by atoms with Crippen LogP contribution < -0.4 is 10.1 Å². The van der Waals surface area contributed by atoms with E-state index in [2.05, 4.69) is 62.0 Å². The monoisotopic (exact) mass is 478 g/mol. The van der Waals surface area contributed by atoms with E-state index in [1.54, 1.807) is 0 Å². The summed E-state index contributed by atoms with van der Waals surface area (Å²) in [6, 6.07) is 4.13. The molecule has 0 aliphatic heterocycles. The molecule has 0 fully saturated rings. The summed E-state index contributed by atoms with van der Waals surface area (Å²) in [5, 5.41) is 3.49. The molecule has 0 saturated carbocycles. The third-order valence-electron chi connectivity index (χ3n) is 3.19. The van der Waals surface area contributed by atoms with E-state index in [0.29, 0.717) is 6.61 Å². The highest BCUT2D eigenvalue weighted by molar-refractivity contribution is 9.11. The zero-order valence-corrected chi connectivity index (χ0v) is 18.1. The summed E-state index contributed by atoms with van der Waals surface area (Å²) >= 11 is 7.09. The Kier molecular flexibility index (Phi) is 15.6. The number of hydrogen-bond donors (Lipinski definition) is 1. The Bertz CT molecular complexity index is 419. The molecule has 7 heteroatoms. The Labute approximate surface area is 163 Å². The highest BCUT2D eigenvalue weighted by atomic mass is 79.9. The van der Waals surface area contributed by atoms with Crippen molar-refractivity contribution >= 4 is 56.7 Å². The summed E-state index contributed by atoms with van der Waals surface area (Å²) in [6.07, 6.45) is 0. The highest BCUT2D eigenvalue weighted by Gasteiger charge is 2.09. The fourth-order valence-corrected chi connectivity index (χ4v) is 3.48. The summed E-state index contributed by atoms with van der Waals surface area (Å²) in [5.74, 6) is 0.936. The minimum absolute atomic E-state index is 0. The van der Waals surface area contributed by atoms with Crippen LogP contribution in [-0.2, 0) is 6.54 Å². The lowest BCUT2D eigenvalue weighted by Gasteiger charge is -2.19. The lowest BCUT2D eigenvalue weighted by Crippen LogP contribution is -2.31. The van der Waals surface area contributed by atoms with Gasteiger partial charge in [-0.2, -0.15) is 0 Å². The van der Waals surface area contributed by atoms with Crippen LogP contribution in [0.1, 0.15) is 26.3 Å². The summed E-state index contributed by atoms with van der Waals surface area (Å²) in [5.41, 5.74) is 1.17. The van der Waals surface area contributed by atoms with Gasteiger partial charge in [-0.15, -0.1) is 24.8 Å². The predicted molar refractivity (Wildman–Crippen MR) is 107 cm³/mol. The van der Waals surface area contributed by atoms with Crippen molar-refractivity contribution in [3.8, 4) is 5.75 Å². The Morgan fingerprint density at radius 1 is 1.09 bits per heavy atom. The molecule has 0 aliphatic rings. The van der Waals surface area contributed by atoms with Gasteiger partial charge in [0.05, 0.1) is 11.1 Å². The highest BCUT2D eigenvalue weighted by Crippen LogP contribution is 2.32. The van der Waals surface area contributed by atoms with Gasteiger partial charge in [0.1, 0.15) is 5.75 Å². The number of likely N-dealkylation sites (N-methyl/N-ethyl adjacent to an activating group) is 1. The normalized spacial score (nSPS) is 10.1. The first kappa shape index (κ1) is 24.7. The van der Waals surface area contributed by atoms with Gasteiger partial charge in [0.15, 0.2) is 0 Å². The van der Waals surface area contributed by atoms with E-state index >= 15 is 0 Å². The zero-order chi connectivity index (χ0) is 15.0. The molecule has 1 aromatic carbocycles. The second-order valence-corrected chi connectivity index (χ2v) is 6.28. The largest absolute Gasteiger partial charge is 0.492 e. The van der Waals surface area contributed by atoms with E-state index < -0.39 is 0 Å². The van der Waals surface area contributed by atoms with Crippen LogP contribution in [0.25, 0.3) is 0 Å². The summed E-state index contributed by atoms with van der Waals surface area (Å²) in [4.78, 5) is 2.41.